The van der Waals surface area contributed by atoms with E-state index in [0.717, 1.165) is 19.5 Å². The molecule has 3 nitrogen and oxygen atoms in total. The normalized spacial score (nSPS) is 24.9. The molecule has 1 aliphatic heterocycles. The van der Waals surface area contributed by atoms with Crippen molar-refractivity contribution >= 4 is 9.84 Å². The van der Waals surface area contributed by atoms with Crippen LogP contribution in [0.1, 0.15) is 46.0 Å². The van der Waals surface area contributed by atoms with Crippen LogP contribution in [0.25, 0.3) is 0 Å². The van der Waals surface area contributed by atoms with Crippen LogP contribution in [-0.2, 0) is 9.84 Å². The molecule has 4 heteroatoms. The molecule has 0 aromatic carbocycles. The van der Waals surface area contributed by atoms with Crippen LogP contribution < -0.4 is 5.32 Å². The van der Waals surface area contributed by atoms with Crippen LogP contribution in [0.2, 0.25) is 0 Å². The molecule has 102 valence electrons. The SMILES string of the molecule is CCCCCC(CNCC)C1CCS(=O)(=O)C1. The van der Waals surface area contributed by atoms with Crippen molar-refractivity contribution in [3.05, 3.63) is 0 Å². The van der Waals surface area contributed by atoms with Crippen molar-refractivity contribution in [2.45, 2.75) is 46.0 Å². The van der Waals surface area contributed by atoms with Crippen molar-refractivity contribution in [3.8, 4) is 0 Å². The highest BCUT2D eigenvalue weighted by molar-refractivity contribution is 7.91. The van der Waals surface area contributed by atoms with Gasteiger partial charge in [0.25, 0.3) is 0 Å². The first kappa shape index (κ1) is 15.0. The molecule has 0 bridgehead atoms. The second-order valence-electron chi connectivity index (χ2n) is 5.23. The molecule has 0 aromatic rings. The van der Waals surface area contributed by atoms with E-state index in [2.05, 4.69) is 19.2 Å². The van der Waals surface area contributed by atoms with E-state index in [0.29, 0.717) is 23.3 Å². The Morgan fingerprint density at radius 2 is 2.06 bits per heavy atom. The van der Waals surface area contributed by atoms with Crippen molar-refractivity contribution in [1.82, 2.24) is 5.32 Å². The van der Waals surface area contributed by atoms with Gasteiger partial charge in [-0.3, -0.25) is 0 Å². The number of sulfone groups is 1. The minimum absolute atomic E-state index is 0.399. The van der Waals surface area contributed by atoms with Crippen molar-refractivity contribution in [3.63, 3.8) is 0 Å². The highest BCUT2D eigenvalue weighted by atomic mass is 32.2. The summed E-state index contributed by atoms with van der Waals surface area (Å²) in [4.78, 5) is 0. The molecule has 0 amide bonds. The van der Waals surface area contributed by atoms with Crippen molar-refractivity contribution in [2.75, 3.05) is 24.6 Å². The third-order valence-corrected chi connectivity index (χ3v) is 5.56. The maximum absolute atomic E-state index is 11.5. The fourth-order valence-corrected chi connectivity index (χ4v) is 4.61. The van der Waals surface area contributed by atoms with Crippen molar-refractivity contribution in [2.24, 2.45) is 11.8 Å². The lowest BCUT2D eigenvalue weighted by atomic mass is 9.87. The molecular formula is C13H27NO2S. The van der Waals surface area contributed by atoms with E-state index in [1.807, 2.05) is 0 Å². The van der Waals surface area contributed by atoms with Gasteiger partial charge >= 0.3 is 0 Å². The summed E-state index contributed by atoms with van der Waals surface area (Å²) in [5, 5.41) is 3.38. The minimum Gasteiger partial charge on any atom is -0.317 e. The van der Waals surface area contributed by atoms with Crippen LogP contribution in [-0.4, -0.2) is 33.0 Å². The second kappa shape index (κ2) is 7.37. The molecular weight excluding hydrogens is 234 g/mol. The zero-order valence-corrected chi connectivity index (χ0v) is 12.1. The number of hydrogen-bond donors (Lipinski definition) is 1. The topological polar surface area (TPSA) is 46.2 Å². The van der Waals surface area contributed by atoms with Gasteiger partial charge in [0.2, 0.25) is 0 Å². The highest BCUT2D eigenvalue weighted by Gasteiger charge is 2.32. The van der Waals surface area contributed by atoms with E-state index < -0.39 is 9.84 Å². The van der Waals surface area contributed by atoms with Gasteiger partial charge in [-0.05, 0) is 37.8 Å². The Morgan fingerprint density at radius 3 is 2.59 bits per heavy atom. The first-order valence-electron chi connectivity index (χ1n) is 7.00. The van der Waals surface area contributed by atoms with Gasteiger partial charge in [-0.1, -0.05) is 33.1 Å². The van der Waals surface area contributed by atoms with Gasteiger partial charge in [0.05, 0.1) is 11.5 Å². The van der Waals surface area contributed by atoms with E-state index in [4.69, 9.17) is 0 Å². The quantitative estimate of drug-likeness (QED) is 0.682. The monoisotopic (exact) mass is 261 g/mol. The standard InChI is InChI=1S/C13H27NO2S/c1-3-5-6-7-12(10-14-4-2)13-8-9-17(15,16)11-13/h12-14H,3-11H2,1-2H3. The summed E-state index contributed by atoms with van der Waals surface area (Å²) in [7, 11) is -2.72. The van der Waals surface area contributed by atoms with Crippen LogP contribution in [0, 0.1) is 11.8 Å². The lowest BCUT2D eigenvalue weighted by Crippen LogP contribution is -2.29. The Morgan fingerprint density at radius 1 is 1.29 bits per heavy atom. The van der Waals surface area contributed by atoms with Crippen molar-refractivity contribution < 1.29 is 8.42 Å². The molecule has 17 heavy (non-hydrogen) atoms. The maximum Gasteiger partial charge on any atom is 0.150 e. The third-order valence-electron chi connectivity index (χ3n) is 3.77. The van der Waals surface area contributed by atoms with Gasteiger partial charge in [-0.15, -0.1) is 0 Å². The molecule has 2 atom stereocenters. The first-order valence-corrected chi connectivity index (χ1v) is 8.82. The fourth-order valence-electron chi connectivity index (χ4n) is 2.69. The zero-order valence-electron chi connectivity index (χ0n) is 11.2. The molecule has 0 aromatic heterocycles. The van der Waals surface area contributed by atoms with Crippen LogP contribution >= 0.6 is 0 Å². The van der Waals surface area contributed by atoms with E-state index in [9.17, 15) is 8.42 Å². The van der Waals surface area contributed by atoms with E-state index in [-0.39, 0.29) is 0 Å². The molecule has 0 spiro atoms. The van der Waals surface area contributed by atoms with E-state index in [1.165, 1.54) is 25.7 Å². The Kier molecular flexibility index (Phi) is 6.49. The zero-order chi connectivity index (χ0) is 12.7. The Labute approximate surface area is 106 Å². The third kappa shape index (κ3) is 5.38. The summed E-state index contributed by atoms with van der Waals surface area (Å²) >= 11 is 0. The summed E-state index contributed by atoms with van der Waals surface area (Å²) < 4.78 is 23.1. The lowest BCUT2D eigenvalue weighted by molar-refractivity contribution is 0.318. The van der Waals surface area contributed by atoms with Crippen LogP contribution in [0.4, 0.5) is 0 Å². The molecule has 1 rings (SSSR count). The molecule has 1 saturated heterocycles. The summed E-state index contributed by atoms with van der Waals surface area (Å²) in [5.74, 6) is 1.79. The Balaban J connectivity index is 2.44. The Hall–Kier alpha value is -0.0900. The molecule has 1 heterocycles. The van der Waals surface area contributed by atoms with E-state index in [1.54, 1.807) is 0 Å². The van der Waals surface area contributed by atoms with Gasteiger partial charge in [0, 0.05) is 0 Å². The van der Waals surface area contributed by atoms with Crippen LogP contribution in [0.3, 0.4) is 0 Å². The summed E-state index contributed by atoms with van der Waals surface area (Å²) in [5.41, 5.74) is 0. The first-order chi connectivity index (χ1) is 8.09. The molecule has 0 radical (unpaired) electrons. The average molecular weight is 261 g/mol. The van der Waals surface area contributed by atoms with Gasteiger partial charge in [0.15, 0.2) is 9.84 Å². The van der Waals surface area contributed by atoms with Crippen LogP contribution in [0.15, 0.2) is 0 Å². The molecule has 1 N–H and O–H groups in total. The van der Waals surface area contributed by atoms with Gasteiger partial charge < -0.3 is 5.32 Å². The molecule has 1 fully saturated rings. The average Bonchev–Trinajstić information content (AvgIpc) is 2.64. The van der Waals surface area contributed by atoms with E-state index >= 15 is 0 Å². The lowest BCUT2D eigenvalue weighted by Gasteiger charge is -2.22. The highest BCUT2D eigenvalue weighted by Crippen LogP contribution is 2.29. The van der Waals surface area contributed by atoms with Gasteiger partial charge in [-0.2, -0.15) is 0 Å². The maximum atomic E-state index is 11.5. The summed E-state index contributed by atoms with van der Waals surface area (Å²) in [6, 6.07) is 0. The number of rotatable bonds is 8. The second-order valence-corrected chi connectivity index (χ2v) is 7.46. The molecule has 0 aliphatic carbocycles. The largest absolute Gasteiger partial charge is 0.317 e. The summed E-state index contributed by atoms with van der Waals surface area (Å²) in [6.07, 6.45) is 5.80. The van der Waals surface area contributed by atoms with Gasteiger partial charge in [-0.25, -0.2) is 8.42 Å². The molecule has 2 unspecified atom stereocenters. The minimum atomic E-state index is -2.72. The number of nitrogens with one attached hydrogen (secondary N) is 1. The number of unbranched alkanes of at least 4 members (excludes halogenated alkanes) is 2. The predicted octanol–water partition coefficient (Wildman–Crippen LogP) is 2.23. The fraction of sp³-hybridized carbons (Fsp3) is 1.00. The van der Waals surface area contributed by atoms with Gasteiger partial charge in [0.1, 0.15) is 0 Å². The predicted molar refractivity (Wildman–Crippen MR) is 72.9 cm³/mol. The molecule has 0 saturated carbocycles. The smallest absolute Gasteiger partial charge is 0.150 e. The van der Waals surface area contributed by atoms with Crippen LogP contribution in [0.5, 0.6) is 0 Å². The Bertz CT molecular complexity index is 301. The molecule has 1 aliphatic rings. The van der Waals surface area contributed by atoms with Crippen molar-refractivity contribution in [1.29, 1.82) is 0 Å². The summed E-state index contributed by atoms with van der Waals surface area (Å²) in [6.45, 7) is 6.28. The number of hydrogen-bond acceptors (Lipinski definition) is 3.